The van der Waals surface area contributed by atoms with E-state index in [9.17, 15) is 4.79 Å². The van der Waals surface area contributed by atoms with Crippen molar-refractivity contribution in [3.8, 4) is 17.2 Å². The van der Waals surface area contributed by atoms with Gasteiger partial charge in [-0.25, -0.2) is 4.98 Å². The summed E-state index contributed by atoms with van der Waals surface area (Å²) in [4.78, 5) is 17.1. The normalized spacial score (nSPS) is 17.8. The van der Waals surface area contributed by atoms with E-state index in [2.05, 4.69) is 16.4 Å². The maximum atomic E-state index is 12.4. The summed E-state index contributed by atoms with van der Waals surface area (Å²) in [5.74, 6) is 2.08. The van der Waals surface area contributed by atoms with E-state index in [-0.39, 0.29) is 30.2 Å². The van der Waals surface area contributed by atoms with E-state index in [4.69, 9.17) is 13.9 Å². The highest BCUT2D eigenvalue weighted by atomic mass is 35.5. The second-order valence-electron chi connectivity index (χ2n) is 8.02. The van der Waals surface area contributed by atoms with Crippen LogP contribution in [0.3, 0.4) is 0 Å². The topological polar surface area (TPSA) is 73.6 Å². The van der Waals surface area contributed by atoms with Gasteiger partial charge in [0.05, 0.1) is 24.8 Å². The highest BCUT2D eigenvalue weighted by molar-refractivity contribution is 5.85. The van der Waals surface area contributed by atoms with E-state index >= 15 is 0 Å². The van der Waals surface area contributed by atoms with Crippen LogP contribution in [0.4, 0.5) is 0 Å². The molecular formula is C26H31ClN2O4. The maximum Gasteiger partial charge on any atom is 0.309 e. The largest absolute Gasteiger partial charge is 0.493 e. The minimum Gasteiger partial charge on any atom is -0.493 e. The average Bonchev–Trinajstić information content (AvgIpc) is 3.20. The molecule has 33 heavy (non-hydrogen) atoms. The summed E-state index contributed by atoms with van der Waals surface area (Å²) in [7, 11) is 0. The quantitative estimate of drug-likeness (QED) is 0.469. The number of esters is 1. The van der Waals surface area contributed by atoms with Crippen LogP contribution in [-0.4, -0.2) is 37.3 Å². The van der Waals surface area contributed by atoms with Gasteiger partial charge in [0.15, 0.2) is 0 Å². The summed E-state index contributed by atoms with van der Waals surface area (Å²) >= 11 is 0. The SMILES string of the molecule is CCOC(=O)[C@H]1CCNCC1c1cccc(OCCc2nc(-c3ccccc3)oc2C)c1.Cl. The van der Waals surface area contributed by atoms with Gasteiger partial charge in [0, 0.05) is 24.4 Å². The van der Waals surface area contributed by atoms with Crippen LogP contribution in [0, 0.1) is 12.8 Å². The van der Waals surface area contributed by atoms with Crippen molar-refractivity contribution in [2.75, 3.05) is 26.3 Å². The zero-order chi connectivity index (χ0) is 22.3. The number of nitrogens with one attached hydrogen (secondary N) is 1. The number of aromatic nitrogens is 1. The van der Waals surface area contributed by atoms with E-state index in [1.54, 1.807) is 0 Å². The number of nitrogens with zero attached hydrogens (tertiary/aromatic N) is 1. The number of rotatable bonds is 8. The third kappa shape index (κ3) is 6.15. The van der Waals surface area contributed by atoms with E-state index < -0.39 is 0 Å². The smallest absolute Gasteiger partial charge is 0.309 e. The zero-order valence-electron chi connectivity index (χ0n) is 19.1. The summed E-state index contributed by atoms with van der Waals surface area (Å²) in [6.45, 7) is 6.27. The molecule has 3 aromatic rings. The highest BCUT2D eigenvalue weighted by Crippen LogP contribution is 2.32. The Balaban J connectivity index is 0.00000306. The van der Waals surface area contributed by atoms with Gasteiger partial charge in [0.25, 0.3) is 0 Å². The van der Waals surface area contributed by atoms with Gasteiger partial charge in [-0.15, -0.1) is 12.4 Å². The summed E-state index contributed by atoms with van der Waals surface area (Å²) in [5.41, 5.74) is 2.96. The molecule has 0 amide bonds. The summed E-state index contributed by atoms with van der Waals surface area (Å²) in [6, 6.07) is 17.9. The van der Waals surface area contributed by atoms with Gasteiger partial charge in [-0.2, -0.15) is 0 Å². The van der Waals surface area contributed by atoms with E-state index in [0.29, 0.717) is 25.5 Å². The number of piperidine rings is 1. The Morgan fingerprint density at radius 3 is 2.79 bits per heavy atom. The molecule has 6 nitrogen and oxygen atoms in total. The number of ether oxygens (including phenoxy) is 2. The molecule has 2 heterocycles. The average molecular weight is 471 g/mol. The number of carbonyl (C=O) groups excluding carboxylic acids is 1. The van der Waals surface area contributed by atoms with Crippen molar-refractivity contribution < 1.29 is 18.7 Å². The van der Waals surface area contributed by atoms with Crippen molar-refractivity contribution >= 4 is 18.4 Å². The lowest BCUT2D eigenvalue weighted by molar-refractivity contribution is -0.149. The molecule has 1 aromatic heterocycles. The molecule has 0 aliphatic carbocycles. The third-order valence-corrected chi connectivity index (χ3v) is 5.88. The van der Waals surface area contributed by atoms with Crippen molar-refractivity contribution in [1.82, 2.24) is 10.3 Å². The molecule has 0 radical (unpaired) electrons. The van der Waals surface area contributed by atoms with Crippen LogP contribution < -0.4 is 10.1 Å². The Morgan fingerprint density at radius 2 is 2.00 bits per heavy atom. The molecule has 2 atom stereocenters. The Bertz CT molecular complexity index is 1040. The van der Waals surface area contributed by atoms with Crippen LogP contribution in [0.25, 0.3) is 11.5 Å². The lowest BCUT2D eigenvalue weighted by atomic mass is 9.81. The van der Waals surface area contributed by atoms with E-state index in [0.717, 1.165) is 47.8 Å². The predicted molar refractivity (Wildman–Crippen MR) is 130 cm³/mol. The fourth-order valence-electron chi connectivity index (χ4n) is 4.20. The maximum absolute atomic E-state index is 12.4. The second-order valence-corrected chi connectivity index (χ2v) is 8.02. The van der Waals surface area contributed by atoms with Gasteiger partial charge in [0.1, 0.15) is 11.5 Å². The van der Waals surface area contributed by atoms with Crippen LogP contribution in [-0.2, 0) is 16.0 Å². The first-order valence-electron chi connectivity index (χ1n) is 11.3. The molecule has 1 aliphatic rings. The first-order chi connectivity index (χ1) is 15.7. The standard InChI is InChI=1S/C26H30N2O4.ClH/c1-3-30-26(29)22-12-14-27-17-23(22)20-10-7-11-21(16-20)31-15-13-24-18(2)32-25(28-24)19-8-5-4-6-9-19;/h4-11,16,22-23,27H,3,12-15,17H2,1-2H3;1H/t22-,23?;/m0./s1. The van der Waals surface area contributed by atoms with Gasteiger partial charge in [0.2, 0.25) is 5.89 Å². The highest BCUT2D eigenvalue weighted by Gasteiger charge is 2.33. The van der Waals surface area contributed by atoms with Crippen molar-refractivity contribution in [1.29, 1.82) is 0 Å². The van der Waals surface area contributed by atoms with Crippen LogP contribution in [0.5, 0.6) is 5.75 Å². The molecule has 1 aliphatic heterocycles. The van der Waals surface area contributed by atoms with Crippen LogP contribution >= 0.6 is 12.4 Å². The number of hydrogen-bond donors (Lipinski definition) is 1. The minimum absolute atomic E-state index is 0. The Kier molecular flexibility index (Phi) is 8.92. The second kappa shape index (κ2) is 11.9. The van der Waals surface area contributed by atoms with Crippen molar-refractivity contribution in [2.45, 2.75) is 32.6 Å². The number of halogens is 1. The Morgan fingerprint density at radius 1 is 1.18 bits per heavy atom. The number of benzene rings is 2. The fraction of sp³-hybridized carbons (Fsp3) is 0.385. The molecular weight excluding hydrogens is 440 g/mol. The lowest BCUT2D eigenvalue weighted by Gasteiger charge is -2.31. The van der Waals surface area contributed by atoms with Crippen molar-refractivity contribution in [3.63, 3.8) is 0 Å². The van der Waals surface area contributed by atoms with Crippen LogP contribution in [0.1, 0.15) is 36.3 Å². The molecule has 0 spiro atoms. The molecule has 2 aromatic carbocycles. The first kappa shape index (κ1) is 24.8. The van der Waals surface area contributed by atoms with Gasteiger partial charge in [-0.05, 0) is 56.6 Å². The predicted octanol–water partition coefficient (Wildman–Crippen LogP) is 4.95. The first-order valence-corrected chi connectivity index (χ1v) is 11.3. The summed E-state index contributed by atoms with van der Waals surface area (Å²) < 4.78 is 17.2. The zero-order valence-corrected chi connectivity index (χ0v) is 19.9. The van der Waals surface area contributed by atoms with Crippen molar-refractivity contribution in [3.05, 3.63) is 71.6 Å². The molecule has 0 saturated carbocycles. The summed E-state index contributed by atoms with van der Waals surface area (Å²) in [6.07, 6.45) is 1.44. The number of aryl methyl sites for hydroxylation is 1. The van der Waals surface area contributed by atoms with Crippen molar-refractivity contribution in [2.24, 2.45) is 5.92 Å². The van der Waals surface area contributed by atoms with Gasteiger partial charge >= 0.3 is 5.97 Å². The van der Waals surface area contributed by atoms with Crippen LogP contribution in [0.2, 0.25) is 0 Å². The molecule has 1 saturated heterocycles. The Hall–Kier alpha value is -2.83. The van der Waals surface area contributed by atoms with Gasteiger partial charge in [-0.1, -0.05) is 30.3 Å². The number of carbonyl (C=O) groups is 1. The molecule has 0 bridgehead atoms. The van der Waals surface area contributed by atoms with E-state index in [1.807, 2.05) is 62.4 Å². The molecule has 176 valence electrons. The third-order valence-electron chi connectivity index (χ3n) is 5.88. The number of oxazole rings is 1. The number of hydrogen-bond acceptors (Lipinski definition) is 6. The molecule has 1 fully saturated rings. The molecule has 4 rings (SSSR count). The summed E-state index contributed by atoms with van der Waals surface area (Å²) in [5, 5.41) is 3.40. The van der Waals surface area contributed by atoms with Gasteiger partial charge in [-0.3, -0.25) is 4.79 Å². The monoisotopic (exact) mass is 470 g/mol. The fourth-order valence-corrected chi connectivity index (χ4v) is 4.20. The Labute approximate surface area is 201 Å². The van der Waals surface area contributed by atoms with E-state index in [1.165, 1.54) is 0 Å². The van der Waals surface area contributed by atoms with Crippen LogP contribution in [0.15, 0.2) is 59.0 Å². The lowest BCUT2D eigenvalue weighted by Crippen LogP contribution is -2.39. The molecule has 1 N–H and O–H groups in total. The van der Waals surface area contributed by atoms with Gasteiger partial charge < -0.3 is 19.2 Å². The molecule has 7 heteroatoms. The minimum atomic E-state index is -0.124. The molecule has 1 unspecified atom stereocenters.